The minimum Gasteiger partial charge on any atom is -0.491 e. The fourth-order valence-electron chi connectivity index (χ4n) is 2.90. The van der Waals surface area contributed by atoms with Crippen molar-refractivity contribution in [2.75, 3.05) is 0 Å². The molecule has 0 saturated heterocycles. The van der Waals surface area contributed by atoms with Crippen LogP contribution in [0.5, 0.6) is 5.75 Å². The molecule has 28 heavy (non-hydrogen) atoms. The molecule has 0 fully saturated rings. The molecule has 1 atom stereocenters. The predicted molar refractivity (Wildman–Crippen MR) is 112 cm³/mol. The quantitative estimate of drug-likeness (QED) is 0.628. The summed E-state index contributed by atoms with van der Waals surface area (Å²) >= 11 is 3.36. The van der Waals surface area contributed by atoms with Gasteiger partial charge >= 0.3 is 0 Å². The van der Waals surface area contributed by atoms with E-state index in [1.54, 1.807) is 12.1 Å². The lowest BCUT2D eigenvalue weighted by Crippen LogP contribution is -2.34. The summed E-state index contributed by atoms with van der Waals surface area (Å²) in [5.41, 5.74) is 1.28. The minimum atomic E-state index is -0.263. The van der Waals surface area contributed by atoms with Gasteiger partial charge in [-0.2, -0.15) is 0 Å². The van der Waals surface area contributed by atoms with E-state index < -0.39 is 0 Å². The van der Waals surface area contributed by atoms with Gasteiger partial charge < -0.3 is 10.1 Å². The van der Waals surface area contributed by atoms with E-state index in [1.165, 1.54) is 10.9 Å². The molecule has 1 N–H and O–H groups in total. The minimum absolute atomic E-state index is 0.0764. The lowest BCUT2D eigenvalue weighted by atomic mass is 10.1. The van der Waals surface area contributed by atoms with Crippen molar-refractivity contribution in [2.24, 2.45) is 0 Å². The fraction of sp³-hybridized carbons (Fsp3) is 0.286. The summed E-state index contributed by atoms with van der Waals surface area (Å²) < 4.78 is 7.81. The Morgan fingerprint density at radius 3 is 2.75 bits per heavy atom. The van der Waals surface area contributed by atoms with Crippen LogP contribution in [-0.4, -0.2) is 21.6 Å². The first-order chi connectivity index (χ1) is 13.3. The zero-order valence-corrected chi connectivity index (χ0v) is 17.6. The number of amides is 1. The predicted octanol–water partition coefficient (Wildman–Crippen LogP) is 3.82. The van der Waals surface area contributed by atoms with Gasteiger partial charge in [-0.3, -0.25) is 14.2 Å². The number of nitrogens with one attached hydrogen (secondary N) is 1. The molecule has 1 heterocycles. The molecule has 0 spiro atoms. The summed E-state index contributed by atoms with van der Waals surface area (Å²) in [6.07, 6.45) is 1.48. The first-order valence-corrected chi connectivity index (χ1v) is 9.83. The van der Waals surface area contributed by atoms with Crippen LogP contribution in [0.1, 0.15) is 32.4 Å². The molecule has 0 saturated carbocycles. The van der Waals surface area contributed by atoms with Crippen LogP contribution in [0, 0.1) is 0 Å². The topological polar surface area (TPSA) is 73.2 Å². The first-order valence-electron chi connectivity index (χ1n) is 9.04. The van der Waals surface area contributed by atoms with Gasteiger partial charge in [0, 0.05) is 4.47 Å². The van der Waals surface area contributed by atoms with Gasteiger partial charge in [0.05, 0.1) is 29.4 Å². The van der Waals surface area contributed by atoms with Crippen molar-refractivity contribution in [3.05, 3.63) is 69.2 Å². The molecule has 146 valence electrons. The van der Waals surface area contributed by atoms with Gasteiger partial charge in [-0.25, -0.2) is 4.98 Å². The van der Waals surface area contributed by atoms with Gasteiger partial charge in [0.25, 0.3) is 5.56 Å². The molecule has 3 rings (SSSR count). The lowest BCUT2D eigenvalue weighted by molar-refractivity contribution is -0.122. The summed E-state index contributed by atoms with van der Waals surface area (Å²) in [4.78, 5) is 29.4. The van der Waals surface area contributed by atoms with Gasteiger partial charge in [-0.05, 0) is 56.7 Å². The second-order valence-electron chi connectivity index (χ2n) is 6.87. The Balaban J connectivity index is 1.73. The molecule has 2 aromatic carbocycles. The fourth-order valence-corrected chi connectivity index (χ4v) is 3.26. The van der Waals surface area contributed by atoms with Gasteiger partial charge in [0.1, 0.15) is 12.3 Å². The second kappa shape index (κ2) is 8.56. The molecule has 0 bridgehead atoms. The zero-order valence-electron chi connectivity index (χ0n) is 16.0. The van der Waals surface area contributed by atoms with Gasteiger partial charge in [0.15, 0.2) is 0 Å². The highest BCUT2D eigenvalue weighted by Gasteiger charge is 2.13. The SMILES string of the molecule is CC(C)Oc1cccc(C(C)NC(=O)Cn2cnc3ccc(Br)cc3c2=O)c1. The number of carbonyl (C=O) groups is 1. The molecule has 0 aliphatic carbocycles. The van der Waals surface area contributed by atoms with E-state index in [0.29, 0.717) is 10.9 Å². The number of ether oxygens (including phenoxy) is 1. The third kappa shape index (κ3) is 4.78. The summed E-state index contributed by atoms with van der Waals surface area (Å²) in [5, 5.41) is 3.39. The third-order valence-corrected chi connectivity index (χ3v) is 4.70. The number of benzene rings is 2. The van der Waals surface area contributed by atoms with Crippen molar-refractivity contribution in [3.8, 4) is 5.75 Å². The van der Waals surface area contributed by atoms with Crippen molar-refractivity contribution >= 4 is 32.7 Å². The van der Waals surface area contributed by atoms with E-state index >= 15 is 0 Å². The summed E-state index contributed by atoms with van der Waals surface area (Å²) in [7, 11) is 0. The van der Waals surface area contributed by atoms with Crippen LogP contribution >= 0.6 is 15.9 Å². The van der Waals surface area contributed by atoms with Crippen LogP contribution in [0.15, 0.2) is 58.1 Å². The maximum Gasteiger partial charge on any atom is 0.261 e. The van der Waals surface area contributed by atoms with E-state index in [2.05, 4.69) is 26.2 Å². The standard InChI is InChI=1S/C21H22BrN3O3/c1-13(2)28-17-6-4-5-15(9-17)14(3)24-20(26)11-25-12-23-19-8-7-16(22)10-18(19)21(25)27/h4-10,12-14H,11H2,1-3H3,(H,24,26). The molecule has 1 unspecified atom stereocenters. The Bertz CT molecular complexity index is 1060. The number of hydrogen-bond donors (Lipinski definition) is 1. The Morgan fingerprint density at radius 1 is 1.21 bits per heavy atom. The number of carbonyl (C=O) groups excluding carboxylic acids is 1. The first kappa shape index (κ1) is 20.1. The van der Waals surface area contributed by atoms with Crippen LogP contribution in [0.25, 0.3) is 10.9 Å². The zero-order chi connectivity index (χ0) is 20.3. The van der Waals surface area contributed by atoms with Crippen LogP contribution < -0.4 is 15.6 Å². The molecule has 0 aliphatic rings. The Morgan fingerprint density at radius 2 is 2.00 bits per heavy atom. The maximum atomic E-state index is 12.6. The van der Waals surface area contributed by atoms with E-state index in [-0.39, 0.29) is 30.2 Å². The van der Waals surface area contributed by atoms with Crippen molar-refractivity contribution < 1.29 is 9.53 Å². The summed E-state index contributed by atoms with van der Waals surface area (Å²) in [6, 6.07) is 12.7. The molecular weight excluding hydrogens is 422 g/mol. The summed E-state index contributed by atoms with van der Waals surface area (Å²) in [5.74, 6) is 0.495. The average molecular weight is 444 g/mol. The molecule has 1 amide bonds. The van der Waals surface area contributed by atoms with Crippen molar-refractivity contribution in [1.29, 1.82) is 0 Å². The van der Waals surface area contributed by atoms with Crippen LogP contribution in [0.2, 0.25) is 0 Å². The second-order valence-corrected chi connectivity index (χ2v) is 7.78. The van der Waals surface area contributed by atoms with Gasteiger partial charge in [-0.15, -0.1) is 0 Å². The molecule has 6 nitrogen and oxygen atoms in total. The Hall–Kier alpha value is -2.67. The largest absolute Gasteiger partial charge is 0.491 e. The molecule has 3 aromatic rings. The Labute approximate surface area is 171 Å². The number of aromatic nitrogens is 2. The lowest BCUT2D eigenvalue weighted by Gasteiger charge is -2.17. The maximum absolute atomic E-state index is 12.6. The van der Waals surface area contributed by atoms with Gasteiger partial charge in [0.2, 0.25) is 5.91 Å². The number of fused-ring (bicyclic) bond motifs is 1. The molecular formula is C21H22BrN3O3. The van der Waals surface area contributed by atoms with Crippen molar-refractivity contribution in [2.45, 2.75) is 39.5 Å². The number of rotatable bonds is 6. The molecule has 1 aromatic heterocycles. The summed E-state index contributed by atoms with van der Waals surface area (Å²) in [6.45, 7) is 5.73. The highest BCUT2D eigenvalue weighted by Crippen LogP contribution is 2.20. The highest BCUT2D eigenvalue weighted by molar-refractivity contribution is 9.10. The average Bonchev–Trinajstić information content (AvgIpc) is 2.64. The smallest absolute Gasteiger partial charge is 0.261 e. The molecule has 0 aliphatic heterocycles. The van der Waals surface area contributed by atoms with Crippen LogP contribution in [0.4, 0.5) is 0 Å². The van der Waals surface area contributed by atoms with Crippen molar-refractivity contribution in [1.82, 2.24) is 14.9 Å². The Kier molecular flexibility index (Phi) is 6.14. The van der Waals surface area contributed by atoms with E-state index in [0.717, 1.165) is 15.8 Å². The molecule has 7 heteroatoms. The monoisotopic (exact) mass is 443 g/mol. The van der Waals surface area contributed by atoms with Crippen LogP contribution in [-0.2, 0) is 11.3 Å². The number of halogens is 1. The van der Waals surface area contributed by atoms with E-state index in [4.69, 9.17) is 4.74 Å². The third-order valence-electron chi connectivity index (χ3n) is 4.21. The molecule has 0 radical (unpaired) electrons. The highest BCUT2D eigenvalue weighted by atomic mass is 79.9. The van der Waals surface area contributed by atoms with E-state index in [1.807, 2.05) is 51.1 Å². The van der Waals surface area contributed by atoms with Gasteiger partial charge in [-0.1, -0.05) is 28.1 Å². The van der Waals surface area contributed by atoms with Crippen molar-refractivity contribution in [3.63, 3.8) is 0 Å². The van der Waals surface area contributed by atoms with E-state index in [9.17, 15) is 9.59 Å². The number of nitrogens with zero attached hydrogens (tertiary/aromatic N) is 2. The van der Waals surface area contributed by atoms with Crippen LogP contribution in [0.3, 0.4) is 0 Å². The number of hydrogen-bond acceptors (Lipinski definition) is 4. The normalized spacial score (nSPS) is 12.2.